The Bertz CT molecular complexity index is 876. The van der Waals surface area contributed by atoms with Gasteiger partial charge in [-0.1, -0.05) is 24.3 Å². The van der Waals surface area contributed by atoms with Gasteiger partial charge in [-0.05, 0) is 36.4 Å². The molecule has 0 spiro atoms. The molecule has 1 amide bonds. The summed E-state index contributed by atoms with van der Waals surface area (Å²) in [5.74, 6) is -0.0552. The highest BCUT2D eigenvalue weighted by molar-refractivity contribution is 7.91. The first-order chi connectivity index (χ1) is 13.1. The van der Waals surface area contributed by atoms with E-state index in [0.717, 1.165) is 25.2 Å². The largest absolute Gasteiger partial charge is 0.368 e. The standard InChI is InChI=1S/C19H23N3O3S2/c23-19(21-13-11-20(12-14-21)16-6-2-1-3-7-16)17-8-4-10-22(17)27(24,25)18-9-5-15-26-18/h1-3,5-7,9,15,17H,4,8,10-14H2. The van der Waals surface area contributed by atoms with Crippen molar-refractivity contribution in [1.29, 1.82) is 0 Å². The molecule has 0 radical (unpaired) electrons. The van der Waals surface area contributed by atoms with Gasteiger partial charge in [-0.25, -0.2) is 8.42 Å². The lowest BCUT2D eigenvalue weighted by molar-refractivity contribution is -0.134. The topological polar surface area (TPSA) is 60.9 Å². The van der Waals surface area contributed by atoms with E-state index < -0.39 is 16.1 Å². The van der Waals surface area contributed by atoms with Gasteiger partial charge in [0.25, 0.3) is 10.0 Å². The molecular weight excluding hydrogens is 382 g/mol. The molecule has 1 atom stereocenters. The molecule has 4 rings (SSSR count). The molecular formula is C19H23N3O3S2. The molecule has 2 aromatic rings. The number of hydrogen-bond donors (Lipinski definition) is 0. The van der Waals surface area contributed by atoms with Crippen molar-refractivity contribution in [1.82, 2.24) is 9.21 Å². The molecule has 1 aromatic carbocycles. The van der Waals surface area contributed by atoms with Crippen molar-refractivity contribution in [2.24, 2.45) is 0 Å². The zero-order chi connectivity index (χ0) is 18.9. The molecule has 8 heteroatoms. The van der Waals surface area contributed by atoms with E-state index in [1.807, 2.05) is 23.1 Å². The first kappa shape index (κ1) is 18.5. The number of carbonyl (C=O) groups is 1. The summed E-state index contributed by atoms with van der Waals surface area (Å²) in [7, 11) is -3.59. The summed E-state index contributed by atoms with van der Waals surface area (Å²) in [5, 5.41) is 1.75. The zero-order valence-electron chi connectivity index (χ0n) is 15.0. The number of rotatable bonds is 4. The fourth-order valence-electron chi connectivity index (χ4n) is 3.84. The van der Waals surface area contributed by atoms with Gasteiger partial charge in [-0.2, -0.15) is 4.31 Å². The van der Waals surface area contributed by atoms with Gasteiger partial charge >= 0.3 is 0 Å². The number of anilines is 1. The third-order valence-corrected chi connectivity index (χ3v) is 8.54. The molecule has 0 saturated carbocycles. The lowest BCUT2D eigenvalue weighted by Crippen LogP contribution is -2.54. The second-order valence-corrected chi connectivity index (χ2v) is 9.92. The van der Waals surface area contributed by atoms with Gasteiger partial charge < -0.3 is 9.80 Å². The zero-order valence-corrected chi connectivity index (χ0v) is 16.7. The van der Waals surface area contributed by atoms with Crippen LogP contribution in [0.5, 0.6) is 0 Å². The Labute approximate surface area is 164 Å². The minimum absolute atomic E-state index is 0.0552. The molecule has 27 heavy (non-hydrogen) atoms. The van der Waals surface area contributed by atoms with Crippen molar-refractivity contribution < 1.29 is 13.2 Å². The number of thiophene rings is 1. The summed E-state index contributed by atoms with van der Waals surface area (Å²) in [6.07, 6.45) is 1.33. The van der Waals surface area contributed by atoms with Crippen LogP contribution < -0.4 is 4.90 Å². The molecule has 2 fully saturated rings. The number of amides is 1. The average Bonchev–Trinajstić information content (AvgIpc) is 3.41. The molecule has 1 aromatic heterocycles. The van der Waals surface area contributed by atoms with E-state index in [1.54, 1.807) is 17.5 Å². The lowest BCUT2D eigenvalue weighted by Gasteiger charge is -2.38. The van der Waals surface area contributed by atoms with Crippen molar-refractivity contribution >= 4 is 33.0 Å². The molecule has 6 nitrogen and oxygen atoms in total. The van der Waals surface area contributed by atoms with Gasteiger partial charge in [0.15, 0.2) is 0 Å². The SMILES string of the molecule is O=C(C1CCCN1S(=O)(=O)c1cccs1)N1CCN(c2ccccc2)CC1. The van der Waals surface area contributed by atoms with E-state index in [2.05, 4.69) is 17.0 Å². The fourth-order valence-corrected chi connectivity index (χ4v) is 6.61. The van der Waals surface area contributed by atoms with Crippen LogP contribution in [-0.2, 0) is 14.8 Å². The van der Waals surface area contributed by atoms with Crippen LogP contribution in [0.25, 0.3) is 0 Å². The lowest BCUT2D eigenvalue weighted by atomic mass is 10.1. The third-order valence-electron chi connectivity index (χ3n) is 5.26. The van der Waals surface area contributed by atoms with E-state index in [4.69, 9.17) is 0 Å². The maximum absolute atomic E-state index is 13.1. The maximum atomic E-state index is 13.1. The van der Waals surface area contributed by atoms with Crippen molar-refractivity contribution in [3.8, 4) is 0 Å². The first-order valence-corrected chi connectivity index (χ1v) is 11.5. The molecule has 0 N–H and O–H groups in total. The predicted molar refractivity (Wildman–Crippen MR) is 106 cm³/mol. The van der Waals surface area contributed by atoms with Gasteiger partial charge in [-0.15, -0.1) is 11.3 Å². The number of para-hydroxylation sites is 1. The number of carbonyl (C=O) groups excluding carboxylic acids is 1. The Hall–Kier alpha value is -1.90. The summed E-state index contributed by atoms with van der Waals surface area (Å²) < 4.78 is 27.5. The van der Waals surface area contributed by atoms with E-state index in [0.29, 0.717) is 30.3 Å². The Morgan fingerprint density at radius 3 is 2.37 bits per heavy atom. The van der Waals surface area contributed by atoms with Crippen molar-refractivity contribution in [2.45, 2.75) is 23.1 Å². The highest BCUT2D eigenvalue weighted by Crippen LogP contribution is 2.29. The minimum atomic E-state index is -3.59. The summed E-state index contributed by atoms with van der Waals surface area (Å²) in [5.41, 5.74) is 1.16. The van der Waals surface area contributed by atoms with Crippen molar-refractivity contribution in [2.75, 3.05) is 37.6 Å². The summed E-state index contributed by atoms with van der Waals surface area (Å²) in [4.78, 5) is 17.2. The van der Waals surface area contributed by atoms with E-state index in [-0.39, 0.29) is 5.91 Å². The van der Waals surface area contributed by atoms with Crippen LogP contribution in [0.3, 0.4) is 0 Å². The monoisotopic (exact) mass is 405 g/mol. The normalized spacial score (nSPS) is 21.6. The van der Waals surface area contributed by atoms with Crippen molar-refractivity contribution in [3.05, 3.63) is 47.8 Å². The molecule has 2 saturated heterocycles. The quantitative estimate of drug-likeness (QED) is 0.783. The molecule has 2 aliphatic heterocycles. The average molecular weight is 406 g/mol. The summed E-state index contributed by atoms with van der Waals surface area (Å²) in [6.45, 7) is 3.19. The molecule has 3 heterocycles. The number of benzene rings is 1. The van der Waals surface area contributed by atoms with Gasteiger partial charge in [0, 0.05) is 38.4 Å². The maximum Gasteiger partial charge on any atom is 0.253 e. The Morgan fingerprint density at radius 2 is 1.70 bits per heavy atom. The summed E-state index contributed by atoms with van der Waals surface area (Å²) in [6, 6.07) is 12.9. The fraction of sp³-hybridized carbons (Fsp3) is 0.421. The first-order valence-electron chi connectivity index (χ1n) is 9.21. The smallest absolute Gasteiger partial charge is 0.253 e. The van der Waals surface area contributed by atoms with Gasteiger partial charge in [0.05, 0.1) is 0 Å². The minimum Gasteiger partial charge on any atom is -0.368 e. The van der Waals surface area contributed by atoms with E-state index >= 15 is 0 Å². The molecule has 0 aliphatic carbocycles. The third kappa shape index (κ3) is 3.61. The van der Waals surface area contributed by atoms with Crippen LogP contribution in [0, 0.1) is 0 Å². The predicted octanol–water partition coefficient (Wildman–Crippen LogP) is 2.25. The number of piperazine rings is 1. The van der Waals surface area contributed by atoms with Crippen LogP contribution >= 0.6 is 11.3 Å². The van der Waals surface area contributed by atoms with E-state index in [1.165, 1.54) is 15.6 Å². The van der Waals surface area contributed by atoms with Crippen LogP contribution in [0.2, 0.25) is 0 Å². The Morgan fingerprint density at radius 1 is 0.963 bits per heavy atom. The van der Waals surface area contributed by atoms with Crippen LogP contribution in [0.1, 0.15) is 12.8 Å². The highest BCUT2D eigenvalue weighted by Gasteiger charge is 2.41. The second-order valence-electron chi connectivity index (χ2n) is 6.85. The van der Waals surface area contributed by atoms with Gasteiger partial charge in [-0.3, -0.25) is 4.79 Å². The number of hydrogen-bond acceptors (Lipinski definition) is 5. The number of sulfonamides is 1. The van der Waals surface area contributed by atoms with Crippen LogP contribution in [0.4, 0.5) is 5.69 Å². The van der Waals surface area contributed by atoms with Gasteiger partial charge in [0.2, 0.25) is 5.91 Å². The second kappa shape index (κ2) is 7.61. The van der Waals surface area contributed by atoms with Gasteiger partial charge in [0.1, 0.15) is 10.3 Å². The Balaban J connectivity index is 1.44. The highest BCUT2D eigenvalue weighted by atomic mass is 32.2. The summed E-state index contributed by atoms with van der Waals surface area (Å²) >= 11 is 1.20. The van der Waals surface area contributed by atoms with Crippen LogP contribution in [0.15, 0.2) is 52.1 Å². The molecule has 144 valence electrons. The van der Waals surface area contributed by atoms with Crippen LogP contribution in [-0.4, -0.2) is 62.3 Å². The Kier molecular flexibility index (Phi) is 5.21. The molecule has 0 bridgehead atoms. The number of nitrogens with zero attached hydrogens (tertiary/aromatic N) is 3. The van der Waals surface area contributed by atoms with Crippen molar-refractivity contribution in [3.63, 3.8) is 0 Å². The van der Waals surface area contributed by atoms with E-state index in [9.17, 15) is 13.2 Å². The molecule has 1 unspecified atom stereocenters. The molecule has 2 aliphatic rings.